The van der Waals surface area contributed by atoms with Gasteiger partial charge in [0, 0.05) is 38.3 Å². The van der Waals surface area contributed by atoms with Crippen LogP contribution < -0.4 is 20.1 Å². The Morgan fingerprint density at radius 3 is 2.78 bits per heavy atom. The first-order valence-electron chi connectivity index (χ1n) is 11.0. The molecule has 204 valence electrons. The van der Waals surface area contributed by atoms with Gasteiger partial charge in [0.25, 0.3) is 5.91 Å². The lowest BCUT2D eigenvalue weighted by atomic mass is 10.1. The number of nitrogens with zero attached hydrogens (tertiary/aromatic N) is 2. The Kier molecular flexibility index (Phi) is 10.3. The number of benzene rings is 1. The Labute approximate surface area is 214 Å². The topological polar surface area (TPSA) is 114 Å². The number of aromatic nitrogens is 1. The SMILES string of the molecule is CN1OOC(CC(O)CCNC(=O)COc2ccc(Cl)c(F)c2)NC1COc1ccnc(C(F)(F)F)c1. The molecule has 3 N–H and O–H groups in total. The van der Waals surface area contributed by atoms with Gasteiger partial charge >= 0.3 is 6.18 Å². The van der Waals surface area contributed by atoms with Gasteiger partial charge < -0.3 is 19.9 Å². The molecule has 2 aromatic rings. The fourth-order valence-electron chi connectivity index (χ4n) is 3.12. The third-order valence-corrected chi connectivity index (χ3v) is 5.38. The van der Waals surface area contributed by atoms with Crippen molar-refractivity contribution in [3.05, 3.63) is 53.1 Å². The Morgan fingerprint density at radius 2 is 2.05 bits per heavy atom. The number of likely N-dealkylation sites (N-methyl/N-ethyl adjacent to an activating group) is 1. The van der Waals surface area contributed by atoms with Crippen molar-refractivity contribution in [3.8, 4) is 11.5 Å². The number of hydrogen-bond donors (Lipinski definition) is 3. The van der Waals surface area contributed by atoms with Crippen LogP contribution in [-0.4, -0.2) is 66.4 Å². The number of aliphatic hydroxyl groups is 1. The molecule has 3 unspecified atom stereocenters. The average Bonchev–Trinajstić information content (AvgIpc) is 2.84. The maximum atomic E-state index is 13.4. The van der Waals surface area contributed by atoms with Crippen LogP contribution in [0.25, 0.3) is 0 Å². The highest BCUT2D eigenvalue weighted by Gasteiger charge is 2.33. The number of amides is 1. The van der Waals surface area contributed by atoms with Gasteiger partial charge in [0.1, 0.15) is 42.0 Å². The highest BCUT2D eigenvalue weighted by molar-refractivity contribution is 6.30. The summed E-state index contributed by atoms with van der Waals surface area (Å²) in [7, 11) is 1.53. The zero-order valence-corrected chi connectivity index (χ0v) is 20.3. The minimum absolute atomic E-state index is 0.0264. The van der Waals surface area contributed by atoms with E-state index in [-0.39, 0.29) is 49.1 Å². The van der Waals surface area contributed by atoms with Gasteiger partial charge in [-0.1, -0.05) is 11.6 Å². The van der Waals surface area contributed by atoms with E-state index in [0.717, 1.165) is 18.3 Å². The average molecular weight is 553 g/mol. The fraction of sp³-hybridized carbons (Fsp3) is 0.455. The summed E-state index contributed by atoms with van der Waals surface area (Å²) in [5.41, 5.74) is -1.08. The van der Waals surface area contributed by atoms with E-state index in [4.69, 9.17) is 31.0 Å². The first-order valence-corrected chi connectivity index (χ1v) is 11.4. The largest absolute Gasteiger partial charge is 0.490 e. The molecule has 0 radical (unpaired) electrons. The van der Waals surface area contributed by atoms with Crippen LogP contribution in [0, 0.1) is 5.82 Å². The van der Waals surface area contributed by atoms with Crippen molar-refractivity contribution < 1.29 is 46.8 Å². The number of halogens is 5. The lowest BCUT2D eigenvalue weighted by Crippen LogP contribution is -2.57. The number of ether oxygens (including phenoxy) is 2. The molecule has 1 aromatic carbocycles. The molecule has 3 atom stereocenters. The molecule has 0 saturated carbocycles. The van der Waals surface area contributed by atoms with Gasteiger partial charge in [-0.05, 0) is 24.6 Å². The molecule has 37 heavy (non-hydrogen) atoms. The van der Waals surface area contributed by atoms with E-state index in [1.165, 1.54) is 30.3 Å². The molecule has 0 aliphatic carbocycles. The van der Waals surface area contributed by atoms with Gasteiger partial charge in [0.2, 0.25) is 0 Å². The van der Waals surface area contributed by atoms with Crippen molar-refractivity contribution in [1.82, 2.24) is 20.7 Å². The van der Waals surface area contributed by atoms with Gasteiger partial charge in [-0.25, -0.2) is 4.39 Å². The molecule has 0 spiro atoms. The first-order chi connectivity index (χ1) is 17.5. The summed E-state index contributed by atoms with van der Waals surface area (Å²) in [6, 6.07) is 5.88. The van der Waals surface area contributed by atoms with Gasteiger partial charge in [0.05, 0.1) is 11.1 Å². The maximum Gasteiger partial charge on any atom is 0.433 e. The van der Waals surface area contributed by atoms with Gasteiger partial charge in [-0.2, -0.15) is 18.1 Å². The Hall–Kier alpha value is -2.75. The molecule has 10 nitrogen and oxygen atoms in total. The van der Waals surface area contributed by atoms with Crippen molar-refractivity contribution in [2.45, 2.75) is 37.5 Å². The predicted molar refractivity (Wildman–Crippen MR) is 121 cm³/mol. The number of alkyl halides is 3. The Balaban J connectivity index is 1.37. The quantitative estimate of drug-likeness (QED) is 0.286. The molecular weight excluding hydrogens is 528 g/mol. The standard InChI is InChI=1S/C22H25ClF4N4O6/c1-31-19(11-34-15-5-7-28-18(10-15)22(25,26)27)30-21(36-37-31)8-13(32)4-6-29-20(33)12-35-14-2-3-16(23)17(24)9-14/h2-3,5,7,9-10,13,19,21,30,32H,4,6,8,11-12H2,1H3,(H,29,33). The number of carbonyl (C=O) groups excluding carboxylic acids is 1. The minimum atomic E-state index is -4.60. The molecule has 1 aromatic heterocycles. The lowest BCUT2D eigenvalue weighted by Gasteiger charge is -2.36. The first kappa shape index (κ1) is 28.8. The van der Waals surface area contributed by atoms with E-state index >= 15 is 0 Å². The van der Waals surface area contributed by atoms with Crippen molar-refractivity contribution in [2.24, 2.45) is 0 Å². The lowest BCUT2D eigenvalue weighted by molar-refractivity contribution is -0.484. The number of pyridine rings is 1. The van der Waals surface area contributed by atoms with Crippen LogP contribution in [0.15, 0.2) is 36.5 Å². The van der Waals surface area contributed by atoms with E-state index in [1.807, 2.05) is 0 Å². The van der Waals surface area contributed by atoms with Crippen LogP contribution in [0.2, 0.25) is 5.02 Å². The number of hydroxylamine groups is 2. The fourth-order valence-corrected chi connectivity index (χ4v) is 3.24. The monoisotopic (exact) mass is 552 g/mol. The Morgan fingerprint density at radius 1 is 1.30 bits per heavy atom. The summed E-state index contributed by atoms with van der Waals surface area (Å²) < 4.78 is 62.5. The third-order valence-electron chi connectivity index (χ3n) is 5.07. The maximum absolute atomic E-state index is 13.4. The van der Waals surface area contributed by atoms with E-state index in [2.05, 4.69) is 15.6 Å². The van der Waals surface area contributed by atoms with Crippen LogP contribution in [0.1, 0.15) is 18.5 Å². The molecular formula is C22H25ClF4N4O6. The molecule has 1 aliphatic heterocycles. The molecule has 1 amide bonds. The Bertz CT molecular complexity index is 1050. The summed E-state index contributed by atoms with van der Waals surface area (Å²) in [4.78, 5) is 25.4. The number of hydrogen-bond acceptors (Lipinski definition) is 9. The molecule has 1 aliphatic rings. The molecule has 15 heteroatoms. The van der Waals surface area contributed by atoms with Crippen molar-refractivity contribution in [3.63, 3.8) is 0 Å². The van der Waals surface area contributed by atoms with E-state index in [0.29, 0.717) is 0 Å². The summed E-state index contributed by atoms with van der Waals surface area (Å²) in [6.45, 7) is -0.322. The van der Waals surface area contributed by atoms with E-state index in [9.17, 15) is 27.5 Å². The van der Waals surface area contributed by atoms with Gasteiger partial charge in [-0.3, -0.25) is 15.1 Å². The number of nitrogens with one attached hydrogen (secondary N) is 2. The van der Waals surface area contributed by atoms with Crippen molar-refractivity contribution >= 4 is 17.5 Å². The van der Waals surface area contributed by atoms with E-state index < -0.39 is 42.1 Å². The zero-order valence-electron chi connectivity index (χ0n) is 19.5. The number of carbonyl (C=O) groups is 1. The van der Waals surface area contributed by atoms with Crippen molar-refractivity contribution in [2.75, 3.05) is 26.8 Å². The molecule has 0 bridgehead atoms. The van der Waals surface area contributed by atoms with E-state index in [1.54, 1.807) is 0 Å². The number of aliphatic hydroxyl groups excluding tert-OH is 1. The molecule has 3 rings (SSSR count). The van der Waals surface area contributed by atoms with Gasteiger partial charge in [0.15, 0.2) is 6.61 Å². The second-order valence-corrected chi connectivity index (χ2v) is 8.37. The molecule has 2 heterocycles. The second-order valence-electron chi connectivity index (χ2n) is 7.97. The third kappa shape index (κ3) is 9.25. The normalized spacial score (nSPS) is 19.3. The predicted octanol–water partition coefficient (Wildman–Crippen LogP) is 2.66. The van der Waals surface area contributed by atoms with Crippen LogP contribution in [0.5, 0.6) is 11.5 Å². The summed E-state index contributed by atoms with van der Waals surface area (Å²) in [6.07, 6.45) is -5.61. The van der Waals surface area contributed by atoms with Crippen LogP contribution in [-0.2, 0) is 20.8 Å². The van der Waals surface area contributed by atoms with Crippen LogP contribution in [0.3, 0.4) is 0 Å². The highest BCUT2D eigenvalue weighted by Crippen LogP contribution is 2.29. The highest BCUT2D eigenvalue weighted by atomic mass is 35.5. The zero-order chi connectivity index (χ0) is 27.0. The minimum Gasteiger partial charge on any atom is -0.490 e. The van der Waals surface area contributed by atoms with Crippen molar-refractivity contribution in [1.29, 1.82) is 0 Å². The summed E-state index contributed by atoms with van der Waals surface area (Å²) in [5.74, 6) is -1.02. The summed E-state index contributed by atoms with van der Waals surface area (Å²) >= 11 is 5.59. The van der Waals surface area contributed by atoms with Gasteiger partial charge in [-0.15, -0.1) is 10.1 Å². The second kappa shape index (κ2) is 13.2. The number of rotatable bonds is 11. The molecule has 1 saturated heterocycles. The van der Waals surface area contributed by atoms with Crippen LogP contribution >= 0.6 is 11.6 Å². The van der Waals surface area contributed by atoms with Crippen LogP contribution in [0.4, 0.5) is 17.6 Å². The summed E-state index contributed by atoms with van der Waals surface area (Å²) in [5, 5.41) is 17.0. The molecule has 1 fully saturated rings. The smallest absolute Gasteiger partial charge is 0.433 e.